The third kappa shape index (κ3) is 6.11. The van der Waals surface area contributed by atoms with Crippen molar-refractivity contribution in [3.05, 3.63) is 0 Å². The van der Waals surface area contributed by atoms with E-state index in [9.17, 15) is 5.11 Å². The number of aliphatic hydroxyl groups excluding tert-OH is 1. The van der Waals surface area contributed by atoms with Crippen LogP contribution in [0.1, 0.15) is 59.8 Å². The molecule has 1 aliphatic carbocycles. The molecule has 3 nitrogen and oxygen atoms in total. The van der Waals surface area contributed by atoms with Crippen LogP contribution in [0.4, 0.5) is 0 Å². The minimum Gasteiger partial charge on any atom is -0.395 e. The Bertz CT molecular complexity index is 241. The Kier molecular flexibility index (Phi) is 8.08. The third-order valence-electron chi connectivity index (χ3n) is 4.74. The zero-order valence-electron chi connectivity index (χ0n) is 14.1. The number of hydrogen-bond acceptors (Lipinski definition) is 3. The largest absolute Gasteiger partial charge is 0.395 e. The smallest absolute Gasteiger partial charge is 0.0558 e. The molecular weight excluding hydrogens is 248 g/mol. The summed E-state index contributed by atoms with van der Waals surface area (Å²) >= 11 is 0. The van der Waals surface area contributed by atoms with E-state index in [0.717, 1.165) is 32.1 Å². The molecular formula is C17H36N2O. The molecule has 2 N–H and O–H groups in total. The summed E-state index contributed by atoms with van der Waals surface area (Å²) < 4.78 is 0. The first kappa shape index (κ1) is 17.9. The number of nitrogens with one attached hydrogen (secondary N) is 1. The van der Waals surface area contributed by atoms with E-state index in [1.165, 1.54) is 32.1 Å². The summed E-state index contributed by atoms with van der Waals surface area (Å²) in [5.74, 6) is 0.889. The van der Waals surface area contributed by atoms with E-state index in [1.54, 1.807) is 0 Å². The molecule has 0 aromatic carbocycles. The zero-order valence-corrected chi connectivity index (χ0v) is 14.1. The summed E-state index contributed by atoms with van der Waals surface area (Å²) in [5, 5.41) is 13.0. The molecule has 0 bridgehead atoms. The van der Waals surface area contributed by atoms with Crippen LogP contribution in [-0.4, -0.2) is 48.8 Å². The lowest BCUT2D eigenvalue weighted by Crippen LogP contribution is -2.48. The molecule has 1 fully saturated rings. The lowest BCUT2D eigenvalue weighted by atomic mass is 9.70. The minimum absolute atomic E-state index is 0.282. The molecule has 0 atom stereocenters. The summed E-state index contributed by atoms with van der Waals surface area (Å²) in [6.07, 6.45) is 6.56. The minimum atomic E-state index is 0.282. The highest BCUT2D eigenvalue weighted by molar-refractivity contribution is 4.89. The highest BCUT2D eigenvalue weighted by Crippen LogP contribution is 2.39. The van der Waals surface area contributed by atoms with Gasteiger partial charge in [0.2, 0.25) is 0 Å². The Morgan fingerprint density at radius 2 is 1.90 bits per heavy atom. The van der Waals surface area contributed by atoms with Crippen molar-refractivity contribution in [2.24, 2.45) is 11.3 Å². The topological polar surface area (TPSA) is 35.5 Å². The van der Waals surface area contributed by atoms with Gasteiger partial charge >= 0.3 is 0 Å². The number of nitrogens with zero attached hydrogens (tertiary/aromatic N) is 1. The Morgan fingerprint density at radius 3 is 2.40 bits per heavy atom. The van der Waals surface area contributed by atoms with Crippen LogP contribution in [0, 0.1) is 11.3 Å². The number of rotatable bonds is 9. The number of hydrogen-bond donors (Lipinski definition) is 2. The molecule has 120 valence electrons. The van der Waals surface area contributed by atoms with Gasteiger partial charge in [0.1, 0.15) is 0 Å². The molecule has 0 aliphatic heterocycles. The molecule has 0 aromatic heterocycles. The quantitative estimate of drug-likeness (QED) is 0.683. The lowest BCUT2D eigenvalue weighted by Gasteiger charge is -2.43. The second-order valence-corrected chi connectivity index (χ2v) is 7.22. The fourth-order valence-electron chi connectivity index (χ4n) is 3.39. The molecule has 1 aliphatic rings. The average Bonchev–Trinajstić information content (AvgIpc) is 2.40. The van der Waals surface area contributed by atoms with Gasteiger partial charge in [0.15, 0.2) is 0 Å². The summed E-state index contributed by atoms with van der Waals surface area (Å²) in [7, 11) is 0. The van der Waals surface area contributed by atoms with Gasteiger partial charge in [0.25, 0.3) is 0 Å². The van der Waals surface area contributed by atoms with Crippen molar-refractivity contribution in [2.45, 2.75) is 65.8 Å². The van der Waals surface area contributed by atoms with E-state index < -0.39 is 0 Å². The average molecular weight is 284 g/mol. The van der Waals surface area contributed by atoms with Crippen molar-refractivity contribution in [2.75, 3.05) is 32.8 Å². The van der Waals surface area contributed by atoms with E-state index >= 15 is 0 Å². The van der Waals surface area contributed by atoms with Crippen molar-refractivity contribution in [1.29, 1.82) is 0 Å². The van der Waals surface area contributed by atoms with Crippen molar-refractivity contribution < 1.29 is 5.11 Å². The molecule has 0 radical (unpaired) electrons. The van der Waals surface area contributed by atoms with Crippen molar-refractivity contribution in [3.63, 3.8) is 0 Å². The second-order valence-electron chi connectivity index (χ2n) is 7.22. The molecule has 20 heavy (non-hydrogen) atoms. The van der Waals surface area contributed by atoms with Crippen LogP contribution in [0.5, 0.6) is 0 Å². The van der Waals surface area contributed by atoms with E-state index in [4.69, 9.17) is 0 Å². The summed E-state index contributed by atoms with van der Waals surface area (Å²) in [5.41, 5.74) is 0.418. The van der Waals surface area contributed by atoms with Gasteiger partial charge in [0, 0.05) is 25.7 Å². The summed E-state index contributed by atoms with van der Waals surface area (Å²) in [6, 6.07) is 0.559. The number of aliphatic hydroxyl groups is 1. The Labute approximate surface area is 126 Å². The van der Waals surface area contributed by atoms with Gasteiger partial charge < -0.3 is 15.3 Å². The van der Waals surface area contributed by atoms with Crippen LogP contribution < -0.4 is 5.32 Å². The van der Waals surface area contributed by atoms with Crippen LogP contribution >= 0.6 is 0 Å². The molecule has 0 heterocycles. The lowest BCUT2D eigenvalue weighted by molar-refractivity contribution is 0.0742. The van der Waals surface area contributed by atoms with Gasteiger partial charge in [0.05, 0.1) is 6.61 Å². The van der Waals surface area contributed by atoms with Gasteiger partial charge in [-0.2, -0.15) is 0 Å². The predicted octanol–water partition coefficient (Wildman–Crippen LogP) is 2.89. The maximum atomic E-state index is 9.28. The Hall–Kier alpha value is -0.120. The van der Waals surface area contributed by atoms with Gasteiger partial charge in [-0.15, -0.1) is 0 Å². The van der Waals surface area contributed by atoms with E-state index in [1.807, 2.05) is 0 Å². The monoisotopic (exact) mass is 284 g/mol. The van der Waals surface area contributed by atoms with Crippen LogP contribution in [0.2, 0.25) is 0 Å². The molecule has 0 saturated heterocycles. The second kappa shape index (κ2) is 9.01. The Morgan fingerprint density at radius 1 is 1.25 bits per heavy atom. The maximum Gasteiger partial charge on any atom is 0.0558 e. The fraction of sp³-hybridized carbons (Fsp3) is 1.00. The van der Waals surface area contributed by atoms with E-state index in [0.29, 0.717) is 11.5 Å². The Balaban J connectivity index is 2.65. The molecule has 1 rings (SSSR count). The van der Waals surface area contributed by atoms with Crippen LogP contribution in [0.3, 0.4) is 0 Å². The normalized spacial score (nSPS) is 27.4. The van der Waals surface area contributed by atoms with Crippen molar-refractivity contribution in [3.8, 4) is 0 Å². The van der Waals surface area contributed by atoms with Crippen molar-refractivity contribution in [1.82, 2.24) is 10.2 Å². The molecule has 0 amide bonds. The molecule has 3 heteroatoms. The highest BCUT2D eigenvalue weighted by Gasteiger charge is 2.35. The van der Waals surface area contributed by atoms with Gasteiger partial charge in [-0.3, -0.25) is 0 Å². The van der Waals surface area contributed by atoms with Crippen LogP contribution in [-0.2, 0) is 0 Å². The van der Waals surface area contributed by atoms with Crippen LogP contribution in [0.15, 0.2) is 0 Å². The third-order valence-corrected chi connectivity index (χ3v) is 4.74. The summed E-state index contributed by atoms with van der Waals surface area (Å²) in [4.78, 5) is 2.47. The molecule has 0 unspecified atom stereocenters. The first-order chi connectivity index (χ1) is 9.51. The standard InChI is InChI=1S/C17H36N2O/c1-5-10-19(11-12-20)14-17(13-18-15(2)3)8-6-16(4)7-9-17/h15-16,18,20H,5-14H2,1-4H3. The summed E-state index contributed by atoms with van der Waals surface area (Å²) in [6.45, 7) is 13.6. The highest BCUT2D eigenvalue weighted by atomic mass is 16.3. The van der Waals surface area contributed by atoms with Crippen LogP contribution in [0.25, 0.3) is 0 Å². The van der Waals surface area contributed by atoms with Crippen molar-refractivity contribution >= 4 is 0 Å². The molecule has 0 aromatic rings. The van der Waals surface area contributed by atoms with E-state index in [2.05, 4.69) is 37.9 Å². The van der Waals surface area contributed by atoms with Gasteiger partial charge in [-0.1, -0.05) is 40.5 Å². The SMILES string of the molecule is CCCN(CCO)CC1(CNC(C)C)CCC(C)CC1. The van der Waals surface area contributed by atoms with E-state index in [-0.39, 0.29) is 6.61 Å². The molecule has 1 saturated carbocycles. The zero-order chi connectivity index (χ0) is 15.0. The first-order valence-corrected chi connectivity index (χ1v) is 8.58. The van der Waals surface area contributed by atoms with Gasteiger partial charge in [-0.05, 0) is 37.1 Å². The van der Waals surface area contributed by atoms with Gasteiger partial charge in [-0.25, -0.2) is 0 Å². The maximum absolute atomic E-state index is 9.28. The fourth-order valence-corrected chi connectivity index (χ4v) is 3.39. The predicted molar refractivity (Wildman–Crippen MR) is 87.0 cm³/mol. The first-order valence-electron chi connectivity index (χ1n) is 8.58. The molecule has 0 spiro atoms.